The van der Waals surface area contributed by atoms with Gasteiger partial charge in [0.05, 0.1) is 16.0 Å². The van der Waals surface area contributed by atoms with E-state index in [0.29, 0.717) is 4.34 Å². The molecule has 1 aromatic heterocycles. The number of hydrogen-bond acceptors (Lipinski definition) is 4. The summed E-state index contributed by atoms with van der Waals surface area (Å²) in [7, 11) is 0. The molecule has 0 spiro atoms. The van der Waals surface area contributed by atoms with E-state index in [0.717, 1.165) is 11.3 Å². The molecule has 5 nitrogen and oxygen atoms in total. The molecule has 3 N–H and O–H groups in total. The van der Waals surface area contributed by atoms with E-state index in [9.17, 15) is 14.7 Å². The topological polar surface area (TPSA) is 86.6 Å². The van der Waals surface area contributed by atoms with E-state index in [1.807, 2.05) is 0 Å². The average Bonchev–Trinajstić information content (AvgIpc) is 2.53. The fourth-order valence-corrected chi connectivity index (χ4v) is 2.56. The summed E-state index contributed by atoms with van der Waals surface area (Å²) in [5.74, 6) is -2.02. The number of amides is 1. The van der Waals surface area contributed by atoms with Gasteiger partial charge in [-0.3, -0.25) is 4.79 Å². The number of nitrogens with one attached hydrogen (secondary N) is 1. The number of carboxylic acids is 1. The van der Waals surface area contributed by atoms with Crippen molar-refractivity contribution < 1.29 is 19.8 Å². The monoisotopic (exact) mass is 297 g/mol. The van der Waals surface area contributed by atoms with Crippen molar-refractivity contribution in [1.82, 2.24) is 5.32 Å². The summed E-state index contributed by atoms with van der Waals surface area (Å²) < 4.78 is 0.492. The summed E-state index contributed by atoms with van der Waals surface area (Å²) in [6.07, 6.45) is -1.22. The maximum atomic E-state index is 11.7. The zero-order chi connectivity index (χ0) is 13.2. The Morgan fingerprint density at radius 1 is 1.47 bits per heavy atom. The number of carbonyl (C=O) groups excluding carboxylic acids is 1. The van der Waals surface area contributed by atoms with Crippen LogP contribution in [0.25, 0.3) is 0 Å². The van der Waals surface area contributed by atoms with Crippen LogP contribution in [0.1, 0.15) is 17.3 Å². The minimum atomic E-state index is -1.39. The molecule has 0 aromatic carbocycles. The zero-order valence-corrected chi connectivity index (χ0v) is 10.9. The Kier molecular flexibility index (Phi) is 4.76. The largest absolute Gasteiger partial charge is 0.480 e. The lowest BCUT2D eigenvalue weighted by Gasteiger charge is -2.16. The van der Waals surface area contributed by atoms with Gasteiger partial charge in [-0.15, -0.1) is 11.3 Å². The van der Waals surface area contributed by atoms with Crippen LogP contribution >= 0.6 is 34.5 Å². The molecule has 0 bridgehead atoms. The van der Waals surface area contributed by atoms with Crippen LogP contribution in [0, 0.1) is 0 Å². The van der Waals surface area contributed by atoms with Crippen molar-refractivity contribution in [3.63, 3.8) is 0 Å². The summed E-state index contributed by atoms with van der Waals surface area (Å²) in [4.78, 5) is 22.4. The van der Waals surface area contributed by atoms with Crippen LogP contribution in [0.3, 0.4) is 0 Å². The van der Waals surface area contributed by atoms with Crippen molar-refractivity contribution in [2.75, 3.05) is 0 Å². The summed E-state index contributed by atoms with van der Waals surface area (Å²) in [6.45, 7) is 1.27. The Morgan fingerprint density at radius 3 is 2.41 bits per heavy atom. The normalized spacial score (nSPS) is 14.1. The van der Waals surface area contributed by atoms with E-state index < -0.39 is 24.0 Å². The lowest BCUT2D eigenvalue weighted by molar-refractivity contribution is -0.141. The average molecular weight is 298 g/mol. The number of aliphatic hydroxyl groups is 1. The Labute approximate surface area is 111 Å². The molecule has 8 heteroatoms. The summed E-state index contributed by atoms with van der Waals surface area (Å²) in [5.41, 5.74) is 0.0913. The fraction of sp³-hybridized carbons (Fsp3) is 0.333. The second kappa shape index (κ2) is 5.68. The quantitative estimate of drug-likeness (QED) is 0.788. The highest BCUT2D eigenvalue weighted by atomic mass is 35.5. The molecule has 17 heavy (non-hydrogen) atoms. The SMILES string of the molecule is C[C@@H](O)[C@H](NC(=O)c1cc(Cl)sc1Cl)C(=O)O. The first-order valence-electron chi connectivity index (χ1n) is 4.49. The molecule has 0 radical (unpaired) electrons. The number of halogens is 2. The van der Waals surface area contributed by atoms with E-state index >= 15 is 0 Å². The molecule has 0 fully saturated rings. The third kappa shape index (κ3) is 3.57. The fourth-order valence-electron chi connectivity index (χ4n) is 1.10. The highest BCUT2D eigenvalue weighted by Gasteiger charge is 2.26. The molecule has 1 heterocycles. The first-order valence-corrected chi connectivity index (χ1v) is 6.06. The molecule has 0 aliphatic carbocycles. The highest BCUT2D eigenvalue weighted by Crippen LogP contribution is 2.31. The second-order valence-electron chi connectivity index (χ2n) is 3.27. The molecule has 94 valence electrons. The van der Waals surface area contributed by atoms with Gasteiger partial charge in [0, 0.05) is 0 Å². The first kappa shape index (κ1) is 14.2. The van der Waals surface area contributed by atoms with Crippen molar-refractivity contribution in [1.29, 1.82) is 0 Å². The van der Waals surface area contributed by atoms with Gasteiger partial charge in [-0.1, -0.05) is 23.2 Å². The number of thiophene rings is 1. The number of aliphatic carboxylic acids is 1. The van der Waals surface area contributed by atoms with Crippen LogP contribution in [0.4, 0.5) is 0 Å². The van der Waals surface area contributed by atoms with E-state index in [1.54, 1.807) is 0 Å². The predicted octanol–water partition coefficient (Wildman–Crippen LogP) is 1.62. The van der Waals surface area contributed by atoms with Crippen LogP contribution < -0.4 is 5.32 Å². The van der Waals surface area contributed by atoms with Crippen LogP contribution in [0.15, 0.2) is 6.07 Å². The van der Waals surface area contributed by atoms with Gasteiger partial charge >= 0.3 is 5.97 Å². The van der Waals surface area contributed by atoms with Crippen LogP contribution in [0.5, 0.6) is 0 Å². The number of carboxylic acid groups (broad SMARTS) is 1. The van der Waals surface area contributed by atoms with Gasteiger partial charge in [0.15, 0.2) is 6.04 Å². The van der Waals surface area contributed by atoms with Gasteiger partial charge in [-0.25, -0.2) is 4.79 Å². The van der Waals surface area contributed by atoms with Crippen molar-refractivity contribution in [3.05, 3.63) is 20.3 Å². The maximum Gasteiger partial charge on any atom is 0.328 e. The predicted molar refractivity (Wildman–Crippen MR) is 64.9 cm³/mol. The summed E-state index contributed by atoms with van der Waals surface area (Å²) in [5, 5.41) is 20.1. The second-order valence-corrected chi connectivity index (χ2v) is 5.55. The minimum Gasteiger partial charge on any atom is -0.480 e. The standard InChI is InChI=1S/C9H9Cl2NO4S/c1-3(13)6(9(15)16)12-8(14)4-2-5(10)17-7(4)11/h2-3,6,13H,1H3,(H,12,14)(H,15,16)/t3-,6+/m1/s1. The van der Waals surface area contributed by atoms with Crippen LogP contribution in [0.2, 0.25) is 8.67 Å². The number of hydrogen-bond donors (Lipinski definition) is 3. The van der Waals surface area contributed by atoms with E-state index in [2.05, 4.69) is 5.32 Å². The van der Waals surface area contributed by atoms with Gasteiger partial charge in [0.25, 0.3) is 5.91 Å². The number of rotatable bonds is 4. The Hall–Kier alpha value is -0.820. The molecule has 1 amide bonds. The van der Waals surface area contributed by atoms with Gasteiger partial charge < -0.3 is 15.5 Å². The van der Waals surface area contributed by atoms with Gasteiger partial charge in [-0.2, -0.15) is 0 Å². The van der Waals surface area contributed by atoms with Gasteiger partial charge in [0.1, 0.15) is 4.34 Å². The van der Waals surface area contributed by atoms with Crippen molar-refractivity contribution in [3.8, 4) is 0 Å². The molecule has 1 rings (SSSR count). The maximum absolute atomic E-state index is 11.7. The molecule has 0 aliphatic heterocycles. The molecule has 0 saturated heterocycles. The first-order chi connectivity index (χ1) is 7.82. The Balaban J connectivity index is 2.85. The smallest absolute Gasteiger partial charge is 0.328 e. The third-order valence-electron chi connectivity index (χ3n) is 1.94. The van der Waals surface area contributed by atoms with Crippen LogP contribution in [-0.2, 0) is 4.79 Å². The zero-order valence-electron chi connectivity index (χ0n) is 8.61. The molecule has 0 saturated carbocycles. The number of carbonyl (C=O) groups is 2. The van der Waals surface area contributed by atoms with Gasteiger partial charge in [-0.05, 0) is 13.0 Å². The highest BCUT2D eigenvalue weighted by molar-refractivity contribution is 7.20. The Bertz CT molecular complexity index is 446. The Morgan fingerprint density at radius 2 is 2.06 bits per heavy atom. The van der Waals surface area contributed by atoms with Crippen molar-refractivity contribution in [2.45, 2.75) is 19.1 Å². The minimum absolute atomic E-state index is 0.0913. The molecule has 1 aromatic rings. The molecule has 2 atom stereocenters. The van der Waals surface area contributed by atoms with Gasteiger partial charge in [0.2, 0.25) is 0 Å². The molecular formula is C9H9Cl2NO4S. The number of aliphatic hydroxyl groups excluding tert-OH is 1. The molecular weight excluding hydrogens is 289 g/mol. The van der Waals surface area contributed by atoms with Crippen molar-refractivity contribution in [2.24, 2.45) is 0 Å². The van der Waals surface area contributed by atoms with Crippen molar-refractivity contribution >= 4 is 46.4 Å². The summed E-state index contributed by atoms with van der Waals surface area (Å²) >= 11 is 12.4. The molecule has 0 unspecified atom stereocenters. The molecule has 0 aliphatic rings. The van der Waals surface area contributed by atoms with Crippen LogP contribution in [-0.4, -0.2) is 34.2 Å². The van der Waals surface area contributed by atoms with E-state index in [4.69, 9.17) is 28.3 Å². The van der Waals surface area contributed by atoms with E-state index in [1.165, 1.54) is 13.0 Å². The lowest BCUT2D eigenvalue weighted by Crippen LogP contribution is -2.47. The summed E-state index contributed by atoms with van der Waals surface area (Å²) in [6, 6.07) is -0.0533. The third-order valence-corrected chi connectivity index (χ3v) is 3.42. The van der Waals surface area contributed by atoms with E-state index in [-0.39, 0.29) is 9.90 Å². The lowest BCUT2D eigenvalue weighted by atomic mass is 10.1.